The highest BCUT2D eigenvalue weighted by atomic mass is 35.5. The Morgan fingerprint density at radius 2 is 2.31 bits per heavy atom. The highest BCUT2D eigenvalue weighted by molar-refractivity contribution is 6.30. The van der Waals surface area contributed by atoms with E-state index in [2.05, 4.69) is 10.4 Å². The van der Waals surface area contributed by atoms with E-state index in [1.54, 1.807) is 4.68 Å². The van der Waals surface area contributed by atoms with Crippen molar-refractivity contribution in [3.05, 3.63) is 16.4 Å². The van der Waals surface area contributed by atoms with E-state index in [-0.39, 0.29) is 12.1 Å². The Morgan fingerprint density at radius 3 is 2.81 bits per heavy atom. The van der Waals surface area contributed by atoms with Gasteiger partial charge in [-0.3, -0.25) is 4.68 Å². The summed E-state index contributed by atoms with van der Waals surface area (Å²) in [6, 6.07) is 0.204. The van der Waals surface area contributed by atoms with Gasteiger partial charge in [-0.25, -0.2) is 0 Å². The number of hydrogen-bond acceptors (Lipinski definition) is 3. The molecule has 0 amide bonds. The summed E-state index contributed by atoms with van der Waals surface area (Å²) >= 11 is 6.13. The number of rotatable bonds is 3. The maximum Gasteiger partial charge on any atom is 0.131 e. The topological polar surface area (TPSA) is 50.1 Å². The van der Waals surface area contributed by atoms with Gasteiger partial charge in [0.05, 0.1) is 11.8 Å². The third-order valence-corrected chi connectivity index (χ3v) is 3.76. The fraction of sp³-hybridized carbons (Fsp3) is 0.727. The van der Waals surface area contributed by atoms with Gasteiger partial charge in [-0.2, -0.15) is 5.10 Å². The quantitative estimate of drug-likeness (QED) is 0.844. The lowest BCUT2D eigenvalue weighted by Crippen LogP contribution is -2.35. The number of aliphatic hydroxyl groups is 1. The fourth-order valence-corrected chi connectivity index (χ4v) is 2.53. The highest BCUT2D eigenvalue weighted by Crippen LogP contribution is 2.22. The monoisotopic (exact) mass is 243 g/mol. The van der Waals surface area contributed by atoms with Crippen LogP contribution in [0.1, 0.15) is 30.5 Å². The zero-order valence-electron chi connectivity index (χ0n) is 9.70. The molecular weight excluding hydrogens is 226 g/mol. The average molecular weight is 244 g/mol. The van der Waals surface area contributed by atoms with Crippen molar-refractivity contribution < 1.29 is 5.11 Å². The van der Waals surface area contributed by atoms with Crippen LogP contribution in [0.15, 0.2) is 0 Å². The summed E-state index contributed by atoms with van der Waals surface area (Å²) in [5.74, 6) is 0. The molecule has 2 rings (SSSR count). The first kappa shape index (κ1) is 11.9. The van der Waals surface area contributed by atoms with E-state index in [0.29, 0.717) is 11.7 Å². The van der Waals surface area contributed by atoms with Gasteiger partial charge in [0.15, 0.2) is 0 Å². The first-order valence-corrected chi connectivity index (χ1v) is 6.07. The minimum absolute atomic E-state index is 0.204. The largest absolute Gasteiger partial charge is 0.392 e. The van der Waals surface area contributed by atoms with Crippen LogP contribution in [-0.2, 0) is 13.6 Å². The van der Waals surface area contributed by atoms with Gasteiger partial charge in [-0.05, 0) is 26.2 Å². The molecule has 0 aliphatic heterocycles. The Bertz CT molecular complexity index is 378. The molecule has 2 atom stereocenters. The summed E-state index contributed by atoms with van der Waals surface area (Å²) < 4.78 is 1.68. The minimum Gasteiger partial charge on any atom is -0.392 e. The van der Waals surface area contributed by atoms with E-state index in [1.165, 1.54) is 0 Å². The second-order valence-electron chi connectivity index (χ2n) is 4.46. The van der Waals surface area contributed by atoms with Gasteiger partial charge in [-0.15, -0.1) is 0 Å². The molecule has 1 aromatic rings. The maximum atomic E-state index is 9.69. The molecular formula is C11H18ClN3O. The number of nitrogens with one attached hydrogen (secondary N) is 1. The molecule has 0 bridgehead atoms. The second kappa shape index (κ2) is 4.73. The third-order valence-electron chi connectivity index (χ3n) is 3.29. The number of aryl methyl sites for hydroxylation is 2. The Labute approximate surface area is 101 Å². The molecule has 4 nitrogen and oxygen atoms in total. The molecule has 1 fully saturated rings. The van der Waals surface area contributed by atoms with Crippen LogP contribution < -0.4 is 5.32 Å². The Morgan fingerprint density at radius 1 is 1.56 bits per heavy atom. The third kappa shape index (κ3) is 2.24. The Balaban J connectivity index is 1.99. The van der Waals surface area contributed by atoms with Crippen LogP contribution in [0, 0.1) is 6.92 Å². The maximum absolute atomic E-state index is 9.69. The van der Waals surface area contributed by atoms with E-state index in [0.717, 1.165) is 30.5 Å². The van der Waals surface area contributed by atoms with E-state index in [1.807, 2.05) is 14.0 Å². The molecule has 0 radical (unpaired) electrons. The van der Waals surface area contributed by atoms with Crippen LogP contribution >= 0.6 is 11.6 Å². The van der Waals surface area contributed by atoms with Crippen molar-refractivity contribution in [1.82, 2.24) is 15.1 Å². The van der Waals surface area contributed by atoms with Crippen LogP contribution in [0.2, 0.25) is 5.15 Å². The van der Waals surface area contributed by atoms with Crippen molar-refractivity contribution in [3.63, 3.8) is 0 Å². The lowest BCUT2D eigenvalue weighted by atomic mass is 10.2. The van der Waals surface area contributed by atoms with Crippen LogP contribution in [-0.4, -0.2) is 27.0 Å². The minimum atomic E-state index is -0.212. The van der Waals surface area contributed by atoms with Gasteiger partial charge < -0.3 is 10.4 Å². The lowest BCUT2D eigenvalue weighted by molar-refractivity contribution is 0.148. The molecule has 1 aliphatic rings. The fourth-order valence-electron chi connectivity index (χ4n) is 2.29. The van der Waals surface area contributed by atoms with Crippen LogP contribution in [0.5, 0.6) is 0 Å². The molecule has 0 aromatic carbocycles. The molecule has 0 spiro atoms. The summed E-state index contributed by atoms with van der Waals surface area (Å²) in [4.78, 5) is 0. The highest BCUT2D eigenvalue weighted by Gasteiger charge is 2.25. The van der Waals surface area contributed by atoms with E-state index in [4.69, 9.17) is 11.6 Å². The van der Waals surface area contributed by atoms with Gasteiger partial charge in [-0.1, -0.05) is 11.6 Å². The molecule has 0 saturated heterocycles. The normalized spacial score (nSPS) is 25.2. The van der Waals surface area contributed by atoms with Crippen molar-refractivity contribution in [2.24, 2.45) is 7.05 Å². The van der Waals surface area contributed by atoms with Crippen molar-refractivity contribution in [2.45, 2.75) is 44.9 Å². The van der Waals surface area contributed by atoms with Gasteiger partial charge >= 0.3 is 0 Å². The summed E-state index contributed by atoms with van der Waals surface area (Å²) in [6.45, 7) is 2.63. The summed E-state index contributed by atoms with van der Waals surface area (Å²) in [5, 5.41) is 18.0. The smallest absolute Gasteiger partial charge is 0.131 e. The van der Waals surface area contributed by atoms with Crippen LogP contribution in [0.25, 0.3) is 0 Å². The summed E-state index contributed by atoms with van der Waals surface area (Å²) in [7, 11) is 1.84. The molecule has 1 saturated carbocycles. The van der Waals surface area contributed by atoms with Crippen molar-refractivity contribution >= 4 is 11.6 Å². The van der Waals surface area contributed by atoms with Crippen molar-refractivity contribution in [1.29, 1.82) is 0 Å². The first-order chi connectivity index (χ1) is 7.59. The summed E-state index contributed by atoms with van der Waals surface area (Å²) in [6.07, 6.45) is 2.82. The van der Waals surface area contributed by atoms with Gasteiger partial charge in [0.25, 0.3) is 0 Å². The predicted octanol–water partition coefficient (Wildman–Crippen LogP) is 1.38. The lowest BCUT2D eigenvalue weighted by Gasteiger charge is -2.16. The Hall–Kier alpha value is -0.580. The second-order valence-corrected chi connectivity index (χ2v) is 4.82. The standard InChI is InChI=1S/C11H18ClN3O/c1-7-8(11(12)15(2)14-7)6-13-9-4-3-5-10(9)16/h9-10,13,16H,3-6H2,1-2H3. The molecule has 5 heteroatoms. The SMILES string of the molecule is Cc1nn(C)c(Cl)c1CNC1CCCC1O. The van der Waals surface area contributed by atoms with E-state index in [9.17, 15) is 5.11 Å². The number of aromatic nitrogens is 2. The number of hydrogen-bond donors (Lipinski definition) is 2. The zero-order chi connectivity index (χ0) is 11.7. The Kier molecular flexibility index (Phi) is 3.52. The molecule has 16 heavy (non-hydrogen) atoms. The van der Waals surface area contributed by atoms with Crippen molar-refractivity contribution in [2.75, 3.05) is 0 Å². The van der Waals surface area contributed by atoms with Gasteiger partial charge in [0, 0.05) is 25.2 Å². The van der Waals surface area contributed by atoms with Gasteiger partial charge in [0.1, 0.15) is 5.15 Å². The number of nitrogens with zero attached hydrogens (tertiary/aromatic N) is 2. The van der Waals surface area contributed by atoms with E-state index >= 15 is 0 Å². The molecule has 1 aliphatic carbocycles. The first-order valence-electron chi connectivity index (χ1n) is 5.69. The molecule has 2 N–H and O–H groups in total. The van der Waals surface area contributed by atoms with Crippen LogP contribution in [0.3, 0.4) is 0 Å². The predicted molar refractivity (Wildman–Crippen MR) is 63.4 cm³/mol. The van der Waals surface area contributed by atoms with Crippen molar-refractivity contribution in [3.8, 4) is 0 Å². The molecule has 2 unspecified atom stereocenters. The average Bonchev–Trinajstić information content (AvgIpc) is 2.72. The van der Waals surface area contributed by atoms with Crippen LogP contribution in [0.4, 0.5) is 0 Å². The molecule has 1 aromatic heterocycles. The number of halogens is 1. The van der Waals surface area contributed by atoms with E-state index < -0.39 is 0 Å². The zero-order valence-corrected chi connectivity index (χ0v) is 10.5. The summed E-state index contributed by atoms with van der Waals surface area (Å²) in [5.41, 5.74) is 1.98. The van der Waals surface area contributed by atoms with Gasteiger partial charge in [0.2, 0.25) is 0 Å². The molecule has 1 heterocycles. The number of aliphatic hydroxyl groups excluding tert-OH is 1. The molecule has 90 valence electrons.